The van der Waals surface area contributed by atoms with E-state index in [1.165, 1.54) is 5.56 Å². The molecule has 3 heteroatoms. The molecule has 0 saturated carbocycles. The van der Waals surface area contributed by atoms with E-state index >= 15 is 0 Å². The van der Waals surface area contributed by atoms with E-state index in [2.05, 4.69) is 31.2 Å². The first-order valence-corrected chi connectivity index (χ1v) is 6.87. The van der Waals surface area contributed by atoms with Crippen molar-refractivity contribution in [3.05, 3.63) is 59.8 Å². The van der Waals surface area contributed by atoms with Crippen LogP contribution in [0, 0.1) is 6.92 Å². The molecular formula is C18H17NO2. The van der Waals surface area contributed by atoms with Gasteiger partial charge in [-0.25, -0.2) is 0 Å². The summed E-state index contributed by atoms with van der Waals surface area (Å²) in [6, 6.07) is 14.0. The maximum absolute atomic E-state index is 11.9. The number of hydrogen-bond donors (Lipinski definition) is 0. The second kappa shape index (κ2) is 5.09. The van der Waals surface area contributed by atoms with Gasteiger partial charge in [-0.1, -0.05) is 17.7 Å². The van der Waals surface area contributed by atoms with E-state index in [0.29, 0.717) is 0 Å². The average molecular weight is 279 g/mol. The number of methoxy groups -OCH3 is 1. The normalized spacial score (nSPS) is 10.8. The molecule has 0 saturated heterocycles. The molecule has 3 rings (SSSR count). The minimum atomic E-state index is 0.0658. The minimum Gasteiger partial charge on any atom is -0.497 e. The highest BCUT2D eigenvalue weighted by atomic mass is 16.5. The van der Waals surface area contributed by atoms with E-state index < -0.39 is 0 Å². The number of ketones is 1. The van der Waals surface area contributed by atoms with Gasteiger partial charge in [0.15, 0.2) is 5.78 Å². The van der Waals surface area contributed by atoms with E-state index in [1.807, 2.05) is 29.0 Å². The number of rotatable bonds is 3. The van der Waals surface area contributed by atoms with Crippen LogP contribution in [0.2, 0.25) is 0 Å². The van der Waals surface area contributed by atoms with Crippen LogP contribution >= 0.6 is 0 Å². The summed E-state index contributed by atoms with van der Waals surface area (Å²) in [6.45, 7) is 3.65. The number of fused-ring (bicyclic) bond motifs is 1. The number of aromatic nitrogens is 1. The predicted octanol–water partition coefficient (Wildman–Crippen LogP) is 4.15. The van der Waals surface area contributed by atoms with Gasteiger partial charge in [-0.2, -0.15) is 0 Å². The molecule has 3 nitrogen and oxygen atoms in total. The summed E-state index contributed by atoms with van der Waals surface area (Å²) in [6.07, 6.45) is 1.90. The van der Waals surface area contributed by atoms with Gasteiger partial charge in [0.1, 0.15) is 5.75 Å². The first kappa shape index (κ1) is 13.4. The second-order valence-electron chi connectivity index (χ2n) is 5.19. The summed E-state index contributed by atoms with van der Waals surface area (Å²) in [5.41, 5.74) is 3.95. The van der Waals surface area contributed by atoms with Gasteiger partial charge < -0.3 is 9.30 Å². The highest BCUT2D eigenvalue weighted by Crippen LogP contribution is 2.28. The van der Waals surface area contributed by atoms with E-state index in [4.69, 9.17) is 4.74 Å². The predicted molar refractivity (Wildman–Crippen MR) is 84.6 cm³/mol. The monoisotopic (exact) mass is 279 g/mol. The zero-order chi connectivity index (χ0) is 15.0. The highest BCUT2D eigenvalue weighted by molar-refractivity contribution is 6.07. The number of aryl methyl sites for hydroxylation is 1. The Balaban J connectivity index is 2.30. The van der Waals surface area contributed by atoms with Gasteiger partial charge in [0, 0.05) is 28.9 Å². The molecule has 1 aromatic heterocycles. The topological polar surface area (TPSA) is 31.2 Å². The zero-order valence-corrected chi connectivity index (χ0v) is 12.4. The Kier molecular flexibility index (Phi) is 3.26. The SMILES string of the molecule is COc1ccc2c(C(C)=O)cn(-c3ccc(C)cc3)c2c1. The molecule has 3 aromatic rings. The third-order valence-electron chi connectivity index (χ3n) is 3.70. The summed E-state index contributed by atoms with van der Waals surface area (Å²) in [5.74, 6) is 0.847. The summed E-state index contributed by atoms with van der Waals surface area (Å²) in [7, 11) is 1.65. The first-order chi connectivity index (χ1) is 10.1. The Labute approximate surface area is 123 Å². The maximum atomic E-state index is 11.9. The number of hydrogen-bond acceptors (Lipinski definition) is 2. The van der Waals surface area contributed by atoms with Gasteiger partial charge in [0.25, 0.3) is 0 Å². The second-order valence-corrected chi connectivity index (χ2v) is 5.19. The van der Waals surface area contributed by atoms with Crippen molar-refractivity contribution in [2.24, 2.45) is 0 Å². The summed E-state index contributed by atoms with van der Waals surface area (Å²) >= 11 is 0. The van der Waals surface area contributed by atoms with Crippen LogP contribution in [-0.2, 0) is 0 Å². The Hall–Kier alpha value is -2.55. The smallest absolute Gasteiger partial charge is 0.161 e. The lowest BCUT2D eigenvalue weighted by Gasteiger charge is -2.07. The Morgan fingerprint density at radius 2 is 1.81 bits per heavy atom. The molecule has 0 bridgehead atoms. The van der Waals surface area contributed by atoms with Gasteiger partial charge in [0.05, 0.1) is 12.6 Å². The lowest BCUT2D eigenvalue weighted by atomic mass is 10.1. The fourth-order valence-corrected chi connectivity index (χ4v) is 2.53. The first-order valence-electron chi connectivity index (χ1n) is 6.87. The molecular weight excluding hydrogens is 262 g/mol. The lowest BCUT2D eigenvalue weighted by Crippen LogP contribution is -1.93. The molecule has 0 radical (unpaired) electrons. The molecule has 1 heterocycles. The Morgan fingerprint density at radius 3 is 2.43 bits per heavy atom. The van der Waals surface area contributed by atoms with Gasteiger partial charge in [-0.3, -0.25) is 4.79 Å². The summed E-state index contributed by atoms with van der Waals surface area (Å²) in [4.78, 5) is 11.9. The fourth-order valence-electron chi connectivity index (χ4n) is 2.53. The van der Waals surface area contributed by atoms with Gasteiger partial charge in [0.2, 0.25) is 0 Å². The van der Waals surface area contributed by atoms with E-state index in [0.717, 1.165) is 27.9 Å². The Morgan fingerprint density at radius 1 is 1.10 bits per heavy atom. The van der Waals surface area contributed by atoms with Gasteiger partial charge in [-0.05, 0) is 38.1 Å². The van der Waals surface area contributed by atoms with Crippen molar-refractivity contribution in [3.63, 3.8) is 0 Å². The van der Waals surface area contributed by atoms with Crippen molar-refractivity contribution >= 4 is 16.7 Å². The van der Waals surface area contributed by atoms with Crippen molar-refractivity contribution in [1.29, 1.82) is 0 Å². The molecule has 2 aromatic carbocycles. The number of benzene rings is 2. The van der Waals surface area contributed by atoms with Crippen LogP contribution in [0.3, 0.4) is 0 Å². The van der Waals surface area contributed by atoms with Crippen molar-refractivity contribution in [2.75, 3.05) is 7.11 Å². The van der Waals surface area contributed by atoms with E-state index in [-0.39, 0.29) is 5.78 Å². The largest absolute Gasteiger partial charge is 0.497 e. The van der Waals surface area contributed by atoms with E-state index in [9.17, 15) is 4.79 Å². The van der Waals surface area contributed by atoms with Crippen LogP contribution < -0.4 is 4.74 Å². The standard InChI is InChI=1S/C18H17NO2/c1-12-4-6-14(7-5-12)19-11-17(13(2)20)16-9-8-15(21-3)10-18(16)19/h4-11H,1-3H3. The summed E-state index contributed by atoms with van der Waals surface area (Å²) < 4.78 is 7.34. The van der Waals surface area contributed by atoms with Crippen molar-refractivity contribution in [3.8, 4) is 11.4 Å². The number of ether oxygens (including phenoxy) is 1. The van der Waals surface area contributed by atoms with Crippen LogP contribution in [-0.4, -0.2) is 17.5 Å². The maximum Gasteiger partial charge on any atom is 0.161 e. The highest BCUT2D eigenvalue weighted by Gasteiger charge is 2.13. The number of nitrogens with zero attached hydrogens (tertiary/aromatic N) is 1. The lowest BCUT2D eigenvalue weighted by molar-refractivity contribution is 0.101. The van der Waals surface area contributed by atoms with Crippen LogP contribution in [0.15, 0.2) is 48.7 Å². The molecule has 21 heavy (non-hydrogen) atoms. The minimum absolute atomic E-state index is 0.0658. The fraction of sp³-hybridized carbons (Fsp3) is 0.167. The van der Waals surface area contributed by atoms with E-state index in [1.54, 1.807) is 14.0 Å². The number of carbonyl (C=O) groups is 1. The average Bonchev–Trinajstić information content (AvgIpc) is 2.87. The number of carbonyl (C=O) groups excluding carboxylic acids is 1. The van der Waals surface area contributed by atoms with Crippen LogP contribution in [0.25, 0.3) is 16.6 Å². The third-order valence-corrected chi connectivity index (χ3v) is 3.70. The molecule has 0 N–H and O–H groups in total. The molecule has 0 fully saturated rings. The van der Waals surface area contributed by atoms with Crippen LogP contribution in [0.1, 0.15) is 22.8 Å². The van der Waals surface area contributed by atoms with Crippen molar-refractivity contribution in [2.45, 2.75) is 13.8 Å². The van der Waals surface area contributed by atoms with Crippen molar-refractivity contribution in [1.82, 2.24) is 4.57 Å². The van der Waals surface area contributed by atoms with Crippen LogP contribution in [0.5, 0.6) is 5.75 Å². The molecule has 0 aliphatic carbocycles. The third kappa shape index (κ3) is 2.31. The molecule has 0 atom stereocenters. The molecule has 0 aliphatic rings. The summed E-state index contributed by atoms with van der Waals surface area (Å²) in [5, 5.41) is 0.948. The molecule has 0 unspecified atom stereocenters. The quantitative estimate of drug-likeness (QED) is 0.674. The van der Waals surface area contributed by atoms with Crippen LogP contribution in [0.4, 0.5) is 0 Å². The number of Topliss-reactive ketones (excluding diaryl/α,β-unsaturated/α-hetero) is 1. The molecule has 0 aliphatic heterocycles. The molecule has 106 valence electrons. The zero-order valence-electron chi connectivity index (χ0n) is 12.4. The molecule has 0 amide bonds. The molecule has 0 spiro atoms. The van der Waals surface area contributed by atoms with Gasteiger partial charge >= 0.3 is 0 Å². The van der Waals surface area contributed by atoms with Crippen molar-refractivity contribution < 1.29 is 9.53 Å². The Bertz CT molecular complexity index is 813. The van der Waals surface area contributed by atoms with Gasteiger partial charge in [-0.15, -0.1) is 0 Å².